The molecule has 4 unspecified atom stereocenters. The van der Waals surface area contributed by atoms with Crippen LogP contribution in [0.25, 0.3) is 22.1 Å². The van der Waals surface area contributed by atoms with E-state index in [1.807, 2.05) is 51.2 Å². The van der Waals surface area contributed by atoms with Crippen LogP contribution in [0.15, 0.2) is 60.7 Å². The maximum absolute atomic E-state index is 13.4. The summed E-state index contributed by atoms with van der Waals surface area (Å²) in [6, 6.07) is 21.1. The molecule has 2 saturated heterocycles. The number of aromatic nitrogens is 6. The topological polar surface area (TPSA) is 191 Å². The molecule has 0 spiro atoms. The van der Waals surface area contributed by atoms with Crippen molar-refractivity contribution in [2.45, 2.75) is 146 Å². The Morgan fingerprint density at radius 1 is 0.688 bits per heavy atom. The molecular formula is C60H86N10O7. The first kappa shape index (κ1) is 60.0. The molecule has 0 saturated carbocycles. The number of hydrogen-bond acceptors (Lipinski definition) is 12. The summed E-state index contributed by atoms with van der Waals surface area (Å²) in [5.41, 5.74) is 14.8. The highest BCUT2D eigenvalue weighted by Crippen LogP contribution is 2.37. The number of morpholine rings is 2. The van der Waals surface area contributed by atoms with E-state index in [1.165, 1.54) is 23.8 Å². The Balaban J connectivity index is 0.000000216. The summed E-state index contributed by atoms with van der Waals surface area (Å²) < 4.78 is 20.1. The van der Waals surface area contributed by atoms with Crippen LogP contribution in [0.4, 0.5) is 4.79 Å². The lowest BCUT2D eigenvalue weighted by Gasteiger charge is -2.39. The highest BCUT2D eigenvalue weighted by Gasteiger charge is 2.32. The van der Waals surface area contributed by atoms with Gasteiger partial charge in [0.25, 0.3) is 0 Å². The van der Waals surface area contributed by atoms with Crippen LogP contribution < -0.4 is 10.6 Å². The third kappa shape index (κ3) is 13.9. The molecule has 2 amide bonds. The number of amides is 2. The Bertz CT molecular complexity index is 2940. The SMILES string of the molecule is C.C.CC(C)C1CNCCO1.CCn1nnc2c(C)c(C(CC(=O)O)c3ccc4c(c3)CN(C(=O)N3CCOC(C(C)C)C3)CC4)ccc21.CCn1nnc2c(C)c(C(CC(=O)OC)c3ccc4c(c3)CNCC4)ccc21. The van der Waals surface area contributed by atoms with Gasteiger partial charge in [0.2, 0.25) is 0 Å². The number of aryl methyl sites for hydroxylation is 4. The number of aliphatic carboxylic acids is 1. The zero-order valence-electron chi connectivity index (χ0n) is 45.5. The van der Waals surface area contributed by atoms with Crippen molar-refractivity contribution in [1.29, 1.82) is 0 Å². The van der Waals surface area contributed by atoms with Crippen LogP contribution in [0.2, 0.25) is 0 Å². The summed E-state index contributed by atoms with van der Waals surface area (Å²) >= 11 is 0. The van der Waals surface area contributed by atoms with E-state index in [4.69, 9.17) is 14.2 Å². The monoisotopic (exact) mass is 1060 g/mol. The maximum Gasteiger partial charge on any atom is 0.320 e. The van der Waals surface area contributed by atoms with Crippen LogP contribution in [0.5, 0.6) is 0 Å². The van der Waals surface area contributed by atoms with Gasteiger partial charge in [0.05, 0.1) is 56.4 Å². The van der Waals surface area contributed by atoms with E-state index in [0.29, 0.717) is 57.1 Å². The molecule has 2 aromatic heterocycles. The summed E-state index contributed by atoms with van der Waals surface area (Å²) in [5, 5.41) is 33.8. The number of fused-ring (bicyclic) bond motifs is 4. The van der Waals surface area contributed by atoms with Crippen molar-refractivity contribution >= 4 is 40.0 Å². The Labute approximate surface area is 456 Å². The zero-order chi connectivity index (χ0) is 53.3. The normalized spacial score (nSPS) is 17.9. The fourth-order valence-corrected chi connectivity index (χ4v) is 11.0. The molecule has 4 aromatic carbocycles. The molecule has 0 bridgehead atoms. The van der Waals surface area contributed by atoms with Crippen molar-refractivity contribution in [3.63, 3.8) is 0 Å². The summed E-state index contributed by atoms with van der Waals surface area (Å²) in [5.74, 6) is -0.457. The largest absolute Gasteiger partial charge is 0.481 e. The molecule has 2 fully saturated rings. The number of benzene rings is 4. The predicted molar refractivity (Wildman–Crippen MR) is 303 cm³/mol. The van der Waals surface area contributed by atoms with Crippen LogP contribution in [-0.2, 0) is 62.8 Å². The Morgan fingerprint density at radius 2 is 1.26 bits per heavy atom. The van der Waals surface area contributed by atoms with Crippen LogP contribution >= 0.6 is 0 Å². The van der Waals surface area contributed by atoms with E-state index < -0.39 is 5.97 Å². The minimum atomic E-state index is -0.853. The van der Waals surface area contributed by atoms with Crippen molar-refractivity contribution in [1.82, 2.24) is 50.4 Å². The molecule has 0 aliphatic carbocycles. The quantitative estimate of drug-likeness (QED) is 0.0985. The van der Waals surface area contributed by atoms with E-state index >= 15 is 0 Å². The molecule has 0 radical (unpaired) electrons. The molecule has 17 heteroatoms. The number of nitrogens with one attached hydrogen (secondary N) is 2. The second-order valence-electron chi connectivity index (χ2n) is 21.0. The van der Waals surface area contributed by atoms with E-state index in [9.17, 15) is 19.5 Å². The van der Waals surface area contributed by atoms with E-state index in [2.05, 4.69) is 115 Å². The van der Waals surface area contributed by atoms with E-state index in [1.54, 1.807) is 0 Å². The number of rotatable bonds is 12. The van der Waals surface area contributed by atoms with Gasteiger partial charge in [-0.15, -0.1) is 10.2 Å². The second-order valence-corrected chi connectivity index (χ2v) is 21.0. The lowest BCUT2D eigenvalue weighted by atomic mass is 9.83. The van der Waals surface area contributed by atoms with Gasteiger partial charge in [0.15, 0.2) is 0 Å². The molecule has 4 aliphatic rings. The minimum absolute atomic E-state index is 0. The number of carboxylic acids is 1. The number of esters is 1. The van der Waals surface area contributed by atoms with Gasteiger partial charge < -0.3 is 39.8 Å². The average molecular weight is 1060 g/mol. The fourth-order valence-electron chi connectivity index (χ4n) is 11.0. The molecule has 3 N–H and O–H groups in total. The third-order valence-corrected chi connectivity index (χ3v) is 15.5. The number of carbonyl (C=O) groups excluding carboxylic acids is 2. The lowest BCUT2D eigenvalue weighted by molar-refractivity contribution is -0.141. The van der Waals surface area contributed by atoms with Gasteiger partial charge in [-0.25, -0.2) is 14.2 Å². The van der Waals surface area contributed by atoms with Crippen LogP contribution in [0.1, 0.15) is 137 Å². The molecule has 6 heterocycles. The summed E-state index contributed by atoms with van der Waals surface area (Å²) in [4.78, 5) is 41.4. The Morgan fingerprint density at radius 3 is 1.79 bits per heavy atom. The zero-order valence-corrected chi connectivity index (χ0v) is 45.5. The van der Waals surface area contributed by atoms with Crippen molar-refractivity contribution in [2.75, 3.05) is 59.6 Å². The summed E-state index contributed by atoms with van der Waals surface area (Å²) in [7, 11) is 1.44. The Hall–Kier alpha value is -6.27. The van der Waals surface area contributed by atoms with Crippen LogP contribution in [0.3, 0.4) is 0 Å². The number of urea groups is 1. The second kappa shape index (κ2) is 27.4. The molecule has 418 valence electrons. The highest BCUT2D eigenvalue weighted by molar-refractivity contribution is 5.82. The number of ether oxygens (including phenoxy) is 3. The van der Waals surface area contributed by atoms with Crippen molar-refractivity contribution < 1.29 is 33.7 Å². The van der Waals surface area contributed by atoms with Gasteiger partial charge in [-0.1, -0.05) is 102 Å². The standard InChI is InChI=1S/C29H37N5O4.C22H26N4O2.C7H15NO.2CH4/c1-5-34-25-9-8-23(19(4)28(25)30-31-34)24(15-27(35)36)21-7-6-20-10-11-32(16-22(20)14-21)29(37)33-12-13-38-26(17-33)18(2)3;1-4-26-20-8-7-18(14(2)22(20)24-25-26)19(12-21(27)28-3)16-6-5-15-9-10-23-13-17(15)11-16;1-6(2)7-5-8-3-4-9-7;;/h6-9,14,18,24,26H,5,10-13,15-17H2,1-4H3,(H,35,36);5-8,11,19,23H,4,9-10,12-13H2,1-3H3;6-8H,3-5H2,1-2H3;2*1H4. The van der Waals surface area contributed by atoms with Gasteiger partial charge in [-0.2, -0.15) is 0 Å². The van der Waals surface area contributed by atoms with Gasteiger partial charge in [-0.05, 0) is 127 Å². The van der Waals surface area contributed by atoms with Crippen molar-refractivity contribution in [3.8, 4) is 0 Å². The average Bonchev–Trinajstić information content (AvgIpc) is 4.09. The van der Waals surface area contributed by atoms with Crippen molar-refractivity contribution in [2.24, 2.45) is 11.8 Å². The van der Waals surface area contributed by atoms with Crippen LogP contribution in [0, 0.1) is 25.7 Å². The first-order chi connectivity index (χ1) is 36.2. The molecule has 6 aromatic rings. The first-order valence-electron chi connectivity index (χ1n) is 27.0. The molecule has 4 aliphatic heterocycles. The van der Waals surface area contributed by atoms with Gasteiger partial charge >= 0.3 is 18.0 Å². The molecular weight excluding hydrogens is 973 g/mol. The molecule has 10 rings (SSSR count). The van der Waals surface area contributed by atoms with E-state index in [-0.39, 0.29) is 51.2 Å². The smallest absolute Gasteiger partial charge is 0.320 e. The molecule has 4 atom stereocenters. The minimum Gasteiger partial charge on any atom is -0.481 e. The first-order valence-corrected chi connectivity index (χ1v) is 27.0. The predicted octanol–water partition coefficient (Wildman–Crippen LogP) is 9.20. The van der Waals surface area contributed by atoms with Gasteiger partial charge in [0, 0.05) is 70.7 Å². The highest BCUT2D eigenvalue weighted by atomic mass is 16.5. The number of methoxy groups -OCH3 is 1. The maximum atomic E-state index is 13.4. The third-order valence-electron chi connectivity index (χ3n) is 15.5. The lowest BCUT2D eigenvalue weighted by Crippen LogP contribution is -2.52. The fraction of sp³-hybridized carbons (Fsp3) is 0.550. The number of carboxylic acid groups (broad SMARTS) is 1. The Kier molecular flexibility index (Phi) is 21.3. The summed E-state index contributed by atoms with van der Waals surface area (Å²) in [6.45, 7) is 26.1. The molecule has 17 nitrogen and oxygen atoms in total. The molecule has 77 heavy (non-hydrogen) atoms. The number of carbonyl (C=O) groups is 3. The van der Waals surface area contributed by atoms with Crippen molar-refractivity contribution in [3.05, 3.63) is 116 Å². The van der Waals surface area contributed by atoms with Gasteiger partial charge in [0.1, 0.15) is 11.0 Å². The van der Waals surface area contributed by atoms with Gasteiger partial charge in [-0.3, -0.25) is 9.59 Å². The number of nitrogens with zero attached hydrogens (tertiary/aromatic N) is 8. The number of hydrogen-bond donors (Lipinski definition) is 3. The summed E-state index contributed by atoms with van der Waals surface area (Å²) in [6.07, 6.45) is 2.61. The van der Waals surface area contributed by atoms with E-state index in [0.717, 1.165) is 120 Å². The van der Waals surface area contributed by atoms with Crippen LogP contribution in [-0.4, -0.2) is 135 Å².